The molecular weight excluding hydrogens is 298 g/mol. The molecule has 1 N–H and O–H groups in total. The lowest BCUT2D eigenvalue weighted by molar-refractivity contribution is -0.144. The number of fused-ring (bicyclic) bond motifs is 1. The highest BCUT2D eigenvalue weighted by atomic mass is 16.1. The first kappa shape index (κ1) is 14.2. The second-order valence-electron chi connectivity index (χ2n) is 8.26. The summed E-state index contributed by atoms with van der Waals surface area (Å²) in [5, 5.41) is 9.75. The Morgan fingerprint density at radius 1 is 1.17 bits per heavy atom. The van der Waals surface area contributed by atoms with Crippen LogP contribution in [0.15, 0.2) is 24.3 Å². The minimum Gasteiger partial charge on any atom is -0.340 e. The van der Waals surface area contributed by atoms with E-state index in [0.717, 1.165) is 30.3 Å². The van der Waals surface area contributed by atoms with Gasteiger partial charge in [0, 0.05) is 5.41 Å². The Bertz CT molecular complexity index is 791. The van der Waals surface area contributed by atoms with E-state index in [1.54, 1.807) is 0 Å². The highest BCUT2D eigenvalue weighted by Crippen LogP contribution is 2.61. The Morgan fingerprint density at radius 2 is 1.79 bits per heavy atom. The van der Waals surface area contributed by atoms with Crippen molar-refractivity contribution >= 4 is 16.8 Å². The lowest BCUT2D eigenvalue weighted by Crippen LogP contribution is -2.51. The molecule has 0 spiro atoms. The summed E-state index contributed by atoms with van der Waals surface area (Å²) in [6.45, 7) is 0. The van der Waals surface area contributed by atoms with E-state index in [4.69, 9.17) is 0 Å². The molecule has 4 saturated carbocycles. The van der Waals surface area contributed by atoms with Gasteiger partial charge in [0.2, 0.25) is 0 Å². The number of nitrogens with zero attached hydrogens (tertiary/aromatic N) is 2. The third-order valence-corrected chi connectivity index (χ3v) is 6.63. The molecule has 4 nitrogen and oxygen atoms in total. The summed E-state index contributed by atoms with van der Waals surface area (Å²) < 4.78 is 0. The van der Waals surface area contributed by atoms with E-state index in [1.807, 2.05) is 24.3 Å². The number of nitrogens with one attached hydrogen (secondary N) is 1. The van der Waals surface area contributed by atoms with Crippen molar-refractivity contribution in [2.75, 3.05) is 0 Å². The van der Waals surface area contributed by atoms with Gasteiger partial charge in [0.05, 0.1) is 17.1 Å². The number of aromatic nitrogens is 2. The largest absolute Gasteiger partial charge is 0.340 e. The maximum atomic E-state index is 13.4. The molecule has 0 saturated heterocycles. The molecule has 4 bridgehead atoms. The first-order valence-electron chi connectivity index (χ1n) is 9.05. The van der Waals surface area contributed by atoms with Crippen molar-refractivity contribution in [2.24, 2.45) is 23.2 Å². The van der Waals surface area contributed by atoms with E-state index in [9.17, 15) is 10.1 Å². The number of benzene rings is 1. The van der Waals surface area contributed by atoms with Crippen molar-refractivity contribution in [3.05, 3.63) is 30.1 Å². The van der Waals surface area contributed by atoms with Crippen LogP contribution in [0.3, 0.4) is 0 Å². The summed E-state index contributed by atoms with van der Waals surface area (Å²) >= 11 is 0. The molecule has 0 aliphatic heterocycles. The third-order valence-electron chi connectivity index (χ3n) is 6.63. The number of para-hydroxylation sites is 2. The molecule has 2 aromatic rings. The molecule has 1 atom stereocenters. The maximum absolute atomic E-state index is 13.4. The number of carbonyl (C=O) groups is 1. The number of nitriles is 1. The Kier molecular flexibility index (Phi) is 2.92. The van der Waals surface area contributed by atoms with Gasteiger partial charge in [-0.2, -0.15) is 5.26 Å². The molecule has 1 aromatic carbocycles. The summed E-state index contributed by atoms with van der Waals surface area (Å²) in [6, 6.07) is 9.98. The van der Waals surface area contributed by atoms with Gasteiger partial charge in [-0.25, -0.2) is 4.98 Å². The average molecular weight is 319 g/mol. The van der Waals surface area contributed by atoms with E-state index >= 15 is 0 Å². The van der Waals surface area contributed by atoms with Crippen LogP contribution in [0.25, 0.3) is 11.0 Å². The fraction of sp³-hybridized carbons (Fsp3) is 0.550. The summed E-state index contributed by atoms with van der Waals surface area (Å²) in [4.78, 5) is 21.2. The molecule has 122 valence electrons. The number of aromatic amines is 1. The maximum Gasteiger partial charge on any atom is 0.163 e. The van der Waals surface area contributed by atoms with E-state index in [2.05, 4.69) is 16.0 Å². The number of imidazole rings is 1. The van der Waals surface area contributed by atoms with Crippen molar-refractivity contribution in [1.82, 2.24) is 9.97 Å². The monoisotopic (exact) mass is 319 g/mol. The molecule has 6 rings (SSSR count). The van der Waals surface area contributed by atoms with Crippen LogP contribution in [0.4, 0.5) is 0 Å². The summed E-state index contributed by atoms with van der Waals surface area (Å²) in [6.07, 6.45) is 6.89. The first-order valence-corrected chi connectivity index (χ1v) is 9.05. The lowest BCUT2D eigenvalue weighted by atomic mass is 9.47. The number of rotatable bonds is 3. The second-order valence-corrected chi connectivity index (χ2v) is 8.26. The fourth-order valence-corrected chi connectivity index (χ4v) is 6.07. The predicted molar refractivity (Wildman–Crippen MR) is 90.1 cm³/mol. The number of ketones is 1. The zero-order chi connectivity index (χ0) is 16.3. The second kappa shape index (κ2) is 4.92. The van der Waals surface area contributed by atoms with Gasteiger partial charge in [-0.3, -0.25) is 4.79 Å². The van der Waals surface area contributed by atoms with Crippen molar-refractivity contribution in [3.63, 3.8) is 0 Å². The van der Waals surface area contributed by atoms with Gasteiger partial charge in [-0.05, 0) is 68.4 Å². The highest BCUT2D eigenvalue weighted by molar-refractivity contribution is 5.93. The van der Waals surface area contributed by atoms with Crippen molar-refractivity contribution in [2.45, 2.75) is 44.4 Å². The fourth-order valence-electron chi connectivity index (χ4n) is 6.07. The van der Waals surface area contributed by atoms with Crippen LogP contribution in [0, 0.1) is 34.5 Å². The van der Waals surface area contributed by atoms with Crippen molar-refractivity contribution in [1.29, 1.82) is 5.26 Å². The van der Waals surface area contributed by atoms with E-state index < -0.39 is 5.92 Å². The zero-order valence-electron chi connectivity index (χ0n) is 13.7. The van der Waals surface area contributed by atoms with Gasteiger partial charge in [-0.1, -0.05) is 12.1 Å². The third kappa shape index (κ3) is 1.97. The average Bonchev–Trinajstić information content (AvgIpc) is 2.97. The zero-order valence-corrected chi connectivity index (χ0v) is 13.7. The van der Waals surface area contributed by atoms with Crippen LogP contribution >= 0.6 is 0 Å². The van der Waals surface area contributed by atoms with Gasteiger partial charge in [0.25, 0.3) is 0 Å². The number of H-pyrrole nitrogens is 1. The van der Waals surface area contributed by atoms with E-state index in [-0.39, 0.29) is 11.2 Å². The molecule has 1 aromatic heterocycles. The van der Waals surface area contributed by atoms with Gasteiger partial charge >= 0.3 is 0 Å². The Balaban J connectivity index is 1.51. The Hall–Kier alpha value is -2.15. The summed E-state index contributed by atoms with van der Waals surface area (Å²) in [7, 11) is 0. The Morgan fingerprint density at radius 3 is 2.38 bits per heavy atom. The SMILES string of the molecule is N#C[C@@H](C(=O)C12CC3CC(CC(C3)C1)C2)c1nc2ccccc2[nH]1. The van der Waals surface area contributed by atoms with Crippen molar-refractivity contribution < 1.29 is 4.79 Å². The van der Waals surface area contributed by atoms with Gasteiger partial charge in [0.15, 0.2) is 11.7 Å². The standard InChI is InChI=1S/C20H21N3O/c21-11-15(19-22-16-3-1-2-4-17(16)23-19)18(24)20-8-12-5-13(9-20)7-14(6-12)10-20/h1-4,12-15H,5-10H2,(H,22,23)/t12?,13?,14?,15-,20?/m0/s1. The van der Waals surface area contributed by atoms with Crippen LogP contribution in [0.5, 0.6) is 0 Å². The van der Waals surface area contributed by atoms with E-state index in [0.29, 0.717) is 23.6 Å². The van der Waals surface area contributed by atoms with Crippen LogP contribution in [0.2, 0.25) is 0 Å². The normalized spacial score (nSPS) is 35.0. The molecule has 24 heavy (non-hydrogen) atoms. The molecule has 4 aliphatic carbocycles. The number of hydrogen-bond donors (Lipinski definition) is 1. The minimum atomic E-state index is -0.756. The number of carbonyl (C=O) groups excluding carboxylic acids is 1. The quantitative estimate of drug-likeness (QED) is 0.931. The molecule has 0 amide bonds. The minimum absolute atomic E-state index is 0.128. The molecule has 4 heteroatoms. The van der Waals surface area contributed by atoms with Crippen LogP contribution < -0.4 is 0 Å². The van der Waals surface area contributed by atoms with Gasteiger partial charge in [0.1, 0.15) is 5.82 Å². The lowest BCUT2D eigenvalue weighted by Gasteiger charge is -2.56. The Labute approximate surface area is 141 Å². The topological polar surface area (TPSA) is 69.5 Å². The molecule has 1 heterocycles. The summed E-state index contributed by atoms with van der Waals surface area (Å²) in [5.41, 5.74) is 1.46. The molecule has 0 radical (unpaired) electrons. The van der Waals surface area contributed by atoms with E-state index in [1.165, 1.54) is 19.3 Å². The molecule has 4 aliphatic rings. The highest BCUT2D eigenvalue weighted by Gasteiger charge is 2.56. The molecule has 0 unspecified atom stereocenters. The summed E-state index contributed by atoms with van der Waals surface area (Å²) in [5.74, 6) is 2.01. The number of Topliss-reactive ketones (excluding diaryl/α,β-unsaturated/α-hetero) is 1. The van der Waals surface area contributed by atoms with Crippen LogP contribution in [-0.2, 0) is 4.79 Å². The van der Waals surface area contributed by atoms with Gasteiger partial charge in [-0.15, -0.1) is 0 Å². The molecule has 4 fully saturated rings. The molecular formula is C20H21N3O. The van der Waals surface area contributed by atoms with Crippen LogP contribution in [0.1, 0.15) is 50.3 Å². The first-order chi connectivity index (χ1) is 11.7. The van der Waals surface area contributed by atoms with Crippen molar-refractivity contribution in [3.8, 4) is 6.07 Å². The number of hydrogen-bond acceptors (Lipinski definition) is 3. The van der Waals surface area contributed by atoms with Crippen LogP contribution in [-0.4, -0.2) is 15.8 Å². The predicted octanol–water partition coefficient (Wildman–Crippen LogP) is 3.96. The smallest absolute Gasteiger partial charge is 0.163 e. The van der Waals surface area contributed by atoms with Gasteiger partial charge < -0.3 is 4.98 Å².